The van der Waals surface area contributed by atoms with Gasteiger partial charge in [-0.15, -0.1) is 11.3 Å². The number of rotatable bonds is 5. The summed E-state index contributed by atoms with van der Waals surface area (Å²) >= 11 is 3.26. The van der Waals surface area contributed by atoms with Crippen LogP contribution < -0.4 is 0 Å². The molecule has 0 spiro atoms. The van der Waals surface area contributed by atoms with Crippen molar-refractivity contribution >= 4 is 28.6 Å². The fourth-order valence-electron chi connectivity index (χ4n) is 2.31. The Morgan fingerprint density at radius 3 is 2.87 bits per heavy atom. The average molecular weight is 346 g/mol. The number of hydrogen-bond donors (Lipinski definition) is 0. The number of amides is 1. The van der Waals surface area contributed by atoms with Crippen molar-refractivity contribution in [2.24, 2.45) is 0 Å². The molecule has 0 saturated heterocycles. The van der Waals surface area contributed by atoms with Gasteiger partial charge in [0, 0.05) is 22.9 Å². The smallest absolute Gasteiger partial charge is 0.228 e. The molecule has 120 valence electrons. The Kier molecular flexibility index (Phi) is 4.63. The molecule has 3 aromatic heterocycles. The summed E-state index contributed by atoms with van der Waals surface area (Å²) < 4.78 is 5.70. The highest BCUT2D eigenvalue weighted by Crippen LogP contribution is 2.26. The Balaban J connectivity index is 1.73. The van der Waals surface area contributed by atoms with E-state index in [9.17, 15) is 4.79 Å². The standard InChI is InChI=1S/C17H18N2O2S2/c1-11(15-5-4-7-23-15)19(3)16(20)9-14-12(2)21-17(18-14)13-6-8-22-10-13/h4-8,10-11H,9H2,1-3H3/t11-/m0/s1. The van der Waals surface area contributed by atoms with Gasteiger partial charge in [0.05, 0.1) is 18.2 Å². The van der Waals surface area contributed by atoms with Gasteiger partial charge in [-0.3, -0.25) is 4.79 Å². The van der Waals surface area contributed by atoms with E-state index >= 15 is 0 Å². The van der Waals surface area contributed by atoms with E-state index in [4.69, 9.17) is 4.42 Å². The molecule has 0 unspecified atom stereocenters. The fourth-order valence-corrected chi connectivity index (χ4v) is 3.76. The largest absolute Gasteiger partial charge is 0.441 e. The summed E-state index contributed by atoms with van der Waals surface area (Å²) in [5, 5.41) is 6.00. The third kappa shape index (κ3) is 3.38. The zero-order valence-electron chi connectivity index (χ0n) is 13.3. The summed E-state index contributed by atoms with van der Waals surface area (Å²) in [6.45, 7) is 3.89. The molecule has 0 aliphatic heterocycles. The highest BCUT2D eigenvalue weighted by Gasteiger charge is 2.21. The van der Waals surface area contributed by atoms with Crippen LogP contribution in [0.25, 0.3) is 11.5 Å². The highest BCUT2D eigenvalue weighted by molar-refractivity contribution is 7.10. The van der Waals surface area contributed by atoms with E-state index in [-0.39, 0.29) is 18.4 Å². The van der Waals surface area contributed by atoms with Crippen LogP contribution in [0.5, 0.6) is 0 Å². The van der Waals surface area contributed by atoms with Gasteiger partial charge in [0.2, 0.25) is 11.8 Å². The quantitative estimate of drug-likeness (QED) is 0.681. The van der Waals surface area contributed by atoms with Crippen molar-refractivity contribution in [1.82, 2.24) is 9.88 Å². The lowest BCUT2D eigenvalue weighted by atomic mass is 10.2. The lowest BCUT2D eigenvalue weighted by molar-refractivity contribution is -0.131. The van der Waals surface area contributed by atoms with Crippen molar-refractivity contribution in [3.05, 3.63) is 50.7 Å². The molecule has 1 amide bonds. The summed E-state index contributed by atoms with van der Waals surface area (Å²) in [6, 6.07) is 6.08. The van der Waals surface area contributed by atoms with E-state index in [0.717, 1.165) is 5.56 Å². The van der Waals surface area contributed by atoms with Crippen LogP contribution in [-0.2, 0) is 11.2 Å². The van der Waals surface area contributed by atoms with Crippen molar-refractivity contribution in [2.75, 3.05) is 7.05 Å². The minimum Gasteiger partial charge on any atom is -0.441 e. The number of aromatic nitrogens is 1. The number of oxazole rings is 1. The van der Waals surface area contributed by atoms with Crippen molar-refractivity contribution in [3.8, 4) is 11.5 Å². The number of aryl methyl sites for hydroxylation is 1. The van der Waals surface area contributed by atoms with Crippen LogP contribution in [0.4, 0.5) is 0 Å². The third-order valence-corrected chi connectivity index (χ3v) is 5.63. The normalized spacial score (nSPS) is 12.3. The molecule has 4 nitrogen and oxygen atoms in total. The van der Waals surface area contributed by atoms with E-state index in [1.54, 1.807) is 27.6 Å². The molecule has 0 N–H and O–H groups in total. The average Bonchev–Trinajstić information content (AvgIpc) is 3.28. The maximum absolute atomic E-state index is 12.5. The van der Waals surface area contributed by atoms with Gasteiger partial charge in [0.25, 0.3) is 0 Å². The number of nitrogens with zero attached hydrogens (tertiary/aromatic N) is 2. The van der Waals surface area contributed by atoms with Crippen LogP contribution in [0.1, 0.15) is 29.3 Å². The van der Waals surface area contributed by atoms with Gasteiger partial charge in [0.1, 0.15) is 5.76 Å². The molecule has 0 aliphatic carbocycles. The molecular formula is C17H18N2O2S2. The van der Waals surface area contributed by atoms with E-state index in [0.29, 0.717) is 17.3 Å². The minimum atomic E-state index is 0.0409. The first-order valence-electron chi connectivity index (χ1n) is 7.34. The second-order valence-corrected chi connectivity index (χ2v) is 7.17. The summed E-state index contributed by atoms with van der Waals surface area (Å²) in [5.74, 6) is 1.33. The molecule has 0 aliphatic rings. The Hall–Kier alpha value is -1.92. The van der Waals surface area contributed by atoms with E-state index in [1.807, 2.05) is 49.2 Å². The zero-order valence-corrected chi connectivity index (χ0v) is 14.9. The number of thiophene rings is 2. The van der Waals surface area contributed by atoms with Crippen LogP contribution in [-0.4, -0.2) is 22.8 Å². The van der Waals surface area contributed by atoms with Crippen molar-refractivity contribution in [3.63, 3.8) is 0 Å². The maximum Gasteiger partial charge on any atom is 0.228 e. The van der Waals surface area contributed by atoms with Crippen LogP contribution in [0.2, 0.25) is 0 Å². The van der Waals surface area contributed by atoms with Gasteiger partial charge in [-0.2, -0.15) is 11.3 Å². The second-order valence-electron chi connectivity index (χ2n) is 5.41. The van der Waals surface area contributed by atoms with Crippen LogP contribution in [0.3, 0.4) is 0 Å². The predicted molar refractivity (Wildman–Crippen MR) is 93.8 cm³/mol. The van der Waals surface area contributed by atoms with Gasteiger partial charge < -0.3 is 9.32 Å². The molecule has 0 aromatic carbocycles. The second kappa shape index (κ2) is 6.68. The Labute approximate surface area is 143 Å². The fraction of sp³-hybridized carbons (Fsp3) is 0.294. The Bertz CT molecular complexity index is 776. The molecule has 23 heavy (non-hydrogen) atoms. The van der Waals surface area contributed by atoms with Crippen LogP contribution >= 0.6 is 22.7 Å². The van der Waals surface area contributed by atoms with Gasteiger partial charge in [-0.25, -0.2) is 4.98 Å². The van der Waals surface area contributed by atoms with E-state index < -0.39 is 0 Å². The summed E-state index contributed by atoms with van der Waals surface area (Å²) in [4.78, 5) is 20.0. The molecule has 0 fully saturated rings. The number of likely N-dealkylation sites (N-methyl/N-ethyl adjacent to an activating group) is 1. The molecule has 3 rings (SSSR count). The third-order valence-electron chi connectivity index (χ3n) is 3.91. The number of hydrogen-bond acceptors (Lipinski definition) is 5. The Morgan fingerprint density at radius 2 is 2.22 bits per heavy atom. The first-order valence-corrected chi connectivity index (χ1v) is 9.16. The lowest BCUT2D eigenvalue weighted by Crippen LogP contribution is -2.30. The minimum absolute atomic E-state index is 0.0409. The van der Waals surface area contributed by atoms with Gasteiger partial charge in [-0.1, -0.05) is 6.07 Å². The highest BCUT2D eigenvalue weighted by atomic mass is 32.1. The molecule has 0 saturated carbocycles. The summed E-state index contributed by atoms with van der Waals surface area (Å²) in [6.07, 6.45) is 0.256. The van der Waals surface area contributed by atoms with Crippen molar-refractivity contribution < 1.29 is 9.21 Å². The van der Waals surface area contributed by atoms with Gasteiger partial charge in [0.15, 0.2) is 0 Å². The van der Waals surface area contributed by atoms with E-state index in [2.05, 4.69) is 11.1 Å². The monoisotopic (exact) mass is 346 g/mol. The Morgan fingerprint density at radius 1 is 1.39 bits per heavy atom. The number of carbonyl (C=O) groups is 1. The van der Waals surface area contributed by atoms with Crippen molar-refractivity contribution in [1.29, 1.82) is 0 Å². The molecule has 3 heterocycles. The van der Waals surface area contributed by atoms with Crippen LogP contribution in [0, 0.1) is 6.92 Å². The summed E-state index contributed by atoms with van der Waals surface area (Å²) in [7, 11) is 1.84. The molecule has 1 atom stereocenters. The molecule has 0 radical (unpaired) electrons. The topological polar surface area (TPSA) is 46.3 Å². The van der Waals surface area contributed by atoms with E-state index in [1.165, 1.54) is 4.88 Å². The van der Waals surface area contributed by atoms with Crippen molar-refractivity contribution in [2.45, 2.75) is 26.3 Å². The van der Waals surface area contributed by atoms with Gasteiger partial charge >= 0.3 is 0 Å². The van der Waals surface area contributed by atoms with Gasteiger partial charge in [-0.05, 0) is 36.7 Å². The zero-order chi connectivity index (χ0) is 16.4. The van der Waals surface area contributed by atoms with Crippen LogP contribution in [0.15, 0.2) is 38.8 Å². The molecular weight excluding hydrogens is 328 g/mol. The lowest BCUT2D eigenvalue weighted by Gasteiger charge is -2.23. The summed E-state index contributed by atoms with van der Waals surface area (Å²) in [5.41, 5.74) is 1.67. The number of carbonyl (C=O) groups excluding carboxylic acids is 1. The maximum atomic E-state index is 12.5. The molecule has 3 aromatic rings. The first-order chi connectivity index (χ1) is 11.1. The molecule has 6 heteroatoms. The predicted octanol–water partition coefficient (Wildman–Crippen LogP) is 4.54. The SMILES string of the molecule is Cc1oc(-c2ccsc2)nc1CC(=O)N(C)[C@@H](C)c1cccs1. The molecule has 0 bridgehead atoms. The first kappa shape index (κ1) is 16.0.